The second kappa shape index (κ2) is 16.1. The molecule has 14 nitrogen and oxygen atoms in total. The molecule has 0 unspecified atom stereocenters. The van der Waals surface area contributed by atoms with Crippen molar-refractivity contribution in [1.29, 1.82) is 0 Å². The normalized spacial score (nSPS) is 17.2. The van der Waals surface area contributed by atoms with Crippen LogP contribution in [0.15, 0.2) is 60.9 Å². The number of amides is 4. The lowest BCUT2D eigenvalue weighted by molar-refractivity contribution is -0.135. The number of aromatic nitrogens is 4. The Balaban J connectivity index is 1.09. The van der Waals surface area contributed by atoms with Gasteiger partial charge in [0.2, 0.25) is 11.8 Å². The number of H-pyrrole nitrogens is 2. The quantitative estimate of drug-likeness (QED) is 0.110. The minimum absolute atomic E-state index is 0.105. The van der Waals surface area contributed by atoms with Crippen molar-refractivity contribution in [2.45, 2.75) is 83.5 Å². The molecular weight excluding hydrogens is 688 g/mol. The number of hydrogen-bond acceptors (Lipinski definition) is 8. The van der Waals surface area contributed by atoms with Crippen molar-refractivity contribution >= 4 is 24.0 Å². The molecule has 4 aromatic rings. The van der Waals surface area contributed by atoms with Crippen molar-refractivity contribution in [2.24, 2.45) is 11.8 Å². The maximum atomic E-state index is 13.5. The van der Waals surface area contributed by atoms with Crippen molar-refractivity contribution in [1.82, 2.24) is 40.8 Å². The highest BCUT2D eigenvalue weighted by Crippen LogP contribution is 2.44. The average Bonchev–Trinajstić information content (AvgIpc) is 3.57. The third-order valence-corrected chi connectivity index (χ3v) is 10.2. The molecule has 14 heteroatoms. The highest BCUT2D eigenvalue weighted by Gasteiger charge is 2.49. The lowest BCUT2D eigenvalue weighted by Gasteiger charge is -2.30. The Morgan fingerprint density at radius 1 is 0.815 bits per heavy atom. The van der Waals surface area contributed by atoms with Gasteiger partial charge in [0.15, 0.2) is 0 Å². The largest absolute Gasteiger partial charge is 0.453 e. The Bertz CT molecular complexity index is 1950. The molecule has 54 heavy (non-hydrogen) atoms. The van der Waals surface area contributed by atoms with Crippen molar-refractivity contribution < 1.29 is 28.7 Å². The van der Waals surface area contributed by atoms with Gasteiger partial charge in [-0.05, 0) is 66.2 Å². The van der Waals surface area contributed by atoms with Gasteiger partial charge < -0.3 is 40.3 Å². The van der Waals surface area contributed by atoms with Crippen molar-refractivity contribution in [3.8, 4) is 33.6 Å². The van der Waals surface area contributed by atoms with Crippen LogP contribution >= 0.6 is 0 Å². The fraction of sp³-hybridized carbons (Fsp3) is 0.450. The number of methoxy groups -OCH3 is 2. The molecule has 6 rings (SSSR count). The van der Waals surface area contributed by atoms with Crippen LogP contribution in [-0.4, -0.2) is 81.7 Å². The first-order valence-electron chi connectivity index (χ1n) is 18.5. The molecule has 2 aliphatic rings. The van der Waals surface area contributed by atoms with E-state index in [0.29, 0.717) is 18.8 Å². The van der Waals surface area contributed by atoms with Gasteiger partial charge in [-0.1, -0.05) is 76.2 Å². The number of nitrogens with one attached hydrogen (secondary N) is 5. The molecule has 286 valence electrons. The standard InChI is InChI=1S/C40H50N8O6/c1-23(2)20-29(45-38(51)53-5)35(49)47-40(17-18-40)37-42-22-31(44-37)28-15-11-26(12-16-28)25-9-13-27(14-10-25)30-21-41-34(43-30)32-8-7-19-48(32)36(50)33(24(3)4)46-39(52)54-6/h9-16,21-24,29,32-33H,7-8,17-20H2,1-6H3,(H,41,43)(H,42,44)(H,45,51)(H,46,52)(H,47,49)/t29-,32-,33-/m0/s1. The monoisotopic (exact) mass is 738 g/mol. The van der Waals surface area contributed by atoms with Crippen molar-refractivity contribution in [3.05, 3.63) is 72.6 Å². The third-order valence-electron chi connectivity index (χ3n) is 10.2. The van der Waals surface area contributed by atoms with Crippen LogP contribution in [0.25, 0.3) is 33.6 Å². The number of rotatable bonds is 13. The van der Waals surface area contributed by atoms with Crippen LogP contribution in [0.5, 0.6) is 0 Å². The zero-order valence-corrected chi connectivity index (χ0v) is 31.7. The van der Waals surface area contributed by atoms with Gasteiger partial charge in [-0.2, -0.15) is 0 Å². The first kappa shape index (κ1) is 38.1. The Kier molecular flexibility index (Phi) is 11.4. The van der Waals surface area contributed by atoms with Crippen LogP contribution in [0.1, 0.15) is 77.5 Å². The topological polar surface area (TPSA) is 183 Å². The van der Waals surface area contributed by atoms with Crippen molar-refractivity contribution in [2.75, 3.05) is 20.8 Å². The van der Waals surface area contributed by atoms with Gasteiger partial charge in [0.05, 0.1) is 49.6 Å². The number of carbonyl (C=O) groups is 4. The SMILES string of the molecule is COC(=O)N[C@@H](CC(C)C)C(=O)NC1(c2ncc(-c3ccc(-c4ccc(-c5cnc([C@@H]6CCCN6C(=O)[C@@H](NC(=O)OC)C(C)C)[nH]5)cc4)cc3)[nH]2)CC1. The van der Waals surface area contributed by atoms with Crippen LogP contribution < -0.4 is 16.0 Å². The van der Waals surface area contributed by atoms with E-state index >= 15 is 0 Å². The molecule has 2 fully saturated rings. The predicted octanol–water partition coefficient (Wildman–Crippen LogP) is 6.05. The summed E-state index contributed by atoms with van der Waals surface area (Å²) in [5, 5.41) is 8.47. The van der Waals surface area contributed by atoms with E-state index in [-0.39, 0.29) is 29.7 Å². The van der Waals surface area contributed by atoms with Gasteiger partial charge in [0.25, 0.3) is 0 Å². The van der Waals surface area contributed by atoms with Gasteiger partial charge in [-0.15, -0.1) is 0 Å². The molecule has 2 aromatic carbocycles. The second-order valence-corrected chi connectivity index (χ2v) is 14.9. The molecule has 1 saturated heterocycles. The molecule has 1 saturated carbocycles. The molecular formula is C40H50N8O6. The van der Waals surface area contributed by atoms with Crippen LogP contribution in [-0.2, 0) is 24.6 Å². The van der Waals surface area contributed by atoms with E-state index in [0.717, 1.165) is 65.1 Å². The fourth-order valence-electron chi connectivity index (χ4n) is 7.01. The number of aromatic amines is 2. The zero-order valence-electron chi connectivity index (χ0n) is 31.7. The van der Waals surface area contributed by atoms with Gasteiger partial charge >= 0.3 is 12.2 Å². The first-order valence-corrected chi connectivity index (χ1v) is 18.5. The summed E-state index contributed by atoms with van der Waals surface area (Å²) in [6.07, 6.45) is 5.93. The first-order chi connectivity index (χ1) is 25.9. The summed E-state index contributed by atoms with van der Waals surface area (Å²) >= 11 is 0. The van der Waals surface area contributed by atoms with Gasteiger partial charge in [-0.25, -0.2) is 19.6 Å². The molecule has 5 N–H and O–H groups in total. The zero-order chi connectivity index (χ0) is 38.6. The Hall–Kier alpha value is -5.66. The summed E-state index contributed by atoms with van der Waals surface area (Å²) in [7, 11) is 2.57. The van der Waals surface area contributed by atoms with Crippen LogP contribution in [0, 0.1) is 11.8 Å². The summed E-state index contributed by atoms with van der Waals surface area (Å²) in [4.78, 5) is 68.5. The van der Waals surface area contributed by atoms with E-state index < -0.39 is 29.8 Å². The Morgan fingerprint density at radius 2 is 1.37 bits per heavy atom. The molecule has 3 heterocycles. The van der Waals surface area contributed by atoms with E-state index in [1.165, 1.54) is 14.2 Å². The molecule has 2 aromatic heterocycles. The van der Waals surface area contributed by atoms with E-state index in [2.05, 4.69) is 60.2 Å². The molecule has 3 atom stereocenters. The molecule has 0 bridgehead atoms. The highest BCUT2D eigenvalue weighted by molar-refractivity contribution is 5.87. The second-order valence-electron chi connectivity index (χ2n) is 14.9. The smallest absolute Gasteiger partial charge is 0.407 e. The lowest BCUT2D eigenvalue weighted by atomic mass is 10.0. The van der Waals surface area contributed by atoms with E-state index in [1.54, 1.807) is 17.3 Å². The number of ether oxygens (including phenoxy) is 2. The van der Waals surface area contributed by atoms with E-state index in [4.69, 9.17) is 9.47 Å². The minimum Gasteiger partial charge on any atom is -0.453 e. The number of carbonyl (C=O) groups excluding carboxylic acids is 4. The van der Waals surface area contributed by atoms with Crippen LogP contribution in [0.2, 0.25) is 0 Å². The van der Waals surface area contributed by atoms with Crippen molar-refractivity contribution in [3.63, 3.8) is 0 Å². The lowest BCUT2D eigenvalue weighted by Crippen LogP contribution is -2.51. The number of likely N-dealkylation sites (tertiary alicyclic amines) is 1. The van der Waals surface area contributed by atoms with Crippen LogP contribution in [0.4, 0.5) is 9.59 Å². The predicted molar refractivity (Wildman–Crippen MR) is 203 cm³/mol. The maximum absolute atomic E-state index is 13.5. The molecule has 1 aliphatic carbocycles. The highest BCUT2D eigenvalue weighted by atomic mass is 16.5. The number of imidazole rings is 2. The molecule has 4 amide bonds. The summed E-state index contributed by atoms with van der Waals surface area (Å²) in [5.74, 6) is 1.11. The van der Waals surface area contributed by atoms with Crippen LogP contribution in [0.3, 0.4) is 0 Å². The number of nitrogens with zero attached hydrogens (tertiary/aromatic N) is 3. The minimum atomic E-state index is -0.704. The number of benzene rings is 2. The van der Waals surface area contributed by atoms with Gasteiger partial charge in [0.1, 0.15) is 23.7 Å². The molecule has 0 spiro atoms. The average molecular weight is 739 g/mol. The molecule has 1 aliphatic heterocycles. The van der Waals surface area contributed by atoms with E-state index in [9.17, 15) is 19.2 Å². The summed E-state index contributed by atoms with van der Waals surface area (Å²) in [6.45, 7) is 8.38. The number of alkyl carbamates (subject to hydrolysis) is 2. The fourth-order valence-corrected chi connectivity index (χ4v) is 7.01. The Morgan fingerprint density at radius 3 is 1.93 bits per heavy atom. The third kappa shape index (κ3) is 8.42. The number of hydrogen-bond donors (Lipinski definition) is 5. The summed E-state index contributed by atoms with van der Waals surface area (Å²) in [6, 6.07) is 14.8. The summed E-state index contributed by atoms with van der Waals surface area (Å²) in [5.41, 5.74) is 5.15. The van der Waals surface area contributed by atoms with E-state index in [1.807, 2.05) is 52.0 Å². The summed E-state index contributed by atoms with van der Waals surface area (Å²) < 4.78 is 9.48. The van der Waals surface area contributed by atoms with Gasteiger partial charge in [0, 0.05) is 6.54 Å². The van der Waals surface area contributed by atoms with Gasteiger partial charge in [-0.3, -0.25) is 9.59 Å². The molecule has 0 radical (unpaired) electrons. The maximum Gasteiger partial charge on any atom is 0.407 e. The Labute approximate surface area is 315 Å².